The fourth-order valence-electron chi connectivity index (χ4n) is 2.49. The lowest BCUT2D eigenvalue weighted by Crippen LogP contribution is -2.12. The van der Waals surface area contributed by atoms with Crippen LogP contribution in [0.5, 0.6) is 0 Å². The molecular formula is C18H12ClN5OS2. The second kappa shape index (κ2) is 7.51. The predicted octanol–water partition coefficient (Wildman–Crippen LogP) is 4.94. The molecule has 1 N–H and O–H groups in total. The summed E-state index contributed by atoms with van der Waals surface area (Å²) in [5.41, 5.74) is 3.30. The minimum atomic E-state index is -0.272. The zero-order valence-electron chi connectivity index (χ0n) is 14.0. The monoisotopic (exact) mass is 413 g/mol. The number of pyridine rings is 1. The first kappa shape index (κ1) is 17.7. The van der Waals surface area contributed by atoms with E-state index in [0.717, 1.165) is 33.2 Å². The number of aryl methyl sites for hydroxylation is 1. The van der Waals surface area contributed by atoms with Crippen LogP contribution in [0.3, 0.4) is 0 Å². The van der Waals surface area contributed by atoms with Gasteiger partial charge in [0.1, 0.15) is 15.7 Å². The Kier molecular flexibility index (Phi) is 4.93. The van der Waals surface area contributed by atoms with Crippen molar-refractivity contribution in [1.29, 1.82) is 0 Å². The van der Waals surface area contributed by atoms with E-state index in [4.69, 9.17) is 11.6 Å². The number of rotatable bonds is 4. The zero-order valence-corrected chi connectivity index (χ0v) is 16.4. The first-order chi connectivity index (χ1) is 13.1. The van der Waals surface area contributed by atoms with Gasteiger partial charge < -0.3 is 5.32 Å². The van der Waals surface area contributed by atoms with Gasteiger partial charge in [0.25, 0.3) is 5.91 Å². The van der Waals surface area contributed by atoms with Crippen molar-refractivity contribution in [3.8, 4) is 21.7 Å². The predicted molar refractivity (Wildman–Crippen MR) is 108 cm³/mol. The number of thiazole rings is 1. The lowest BCUT2D eigenvalue weighted by Gasteiger charge is -2.08. The molecule has 3 heterocycles. The van der Waals surface area contributed by atoms with Crippen LogP contribution in [0.2, 0.25) is 5.02 Å². The SMILES string of the molecule is Cc1nnsc1C(=O)Nc1ccc(-c2cc(-c3nccs3)ccc2Cl)cn1. The second-order valence-electron chi connectivity index (χ2n) is 5.61. The summed E-state index contributed by atoms with van der Waals surface area (Å²) in [7, 11) is 0. The molecule has 0 bridgehead atoms. The van der Waals surface area contributed by atoms with Gasteiger partial charge in [-0.15, -0.1) is 16.4 Å². The lowest BCUT2D eigenvalue weighted by atomic mass is 10.0. The minimum absolute atomic E-state index is 0.272. The Balaban J connectivity index is 1.58. The average molecular weight is 414 g/mol. The maximum Gasteiger partial charge on any atom is 0.270 e. The van der Waals surface area contributed by atoms with Crippen LogP contribution in [0.4, 0.5) is 5.82 Å². The molecule has 0 aliphatic carbocycles. The second-order valence-corrected chi connectivity index (χ2v) is 7.66. The van der Waals surface area contributed by atoms with Gasteiger partial charge in [0.15, 0.2) is 0 Å². The number of nitrogens with one attached hydrogen (secondary N) is 1. The standard InChI is InChI=1S/C18H12ClN5OS2/c1-10-16(27-24-23-10)17(25)22-15-5-3-12(9-21-15)13-8-11(2-4-14(13)19)18-20-6-7-26-18/h2-9H,1H3,(H,21,22,25). The van der Waals surface area contributed by atoms with Gasteiger partial charge in [-0.1, -0.05) is 22.2 Å². The number of halogens is 1. The quantitative estimate of drug-likeness (QED) is 0.512. The van der Waals surface area contributed by atoms with E-state index in [1.54, 1.807) is 36.7 Å². The van der Waals surface area contributed by atoms with E-state index in [9.17, 15) is 4.79 Å². The molecule has 4 rings (SSSR count). The maximum absolute atomic E-state index is 12.2. The highest BCUT2D eigenvalue weighted by molar-refractivity contribution is 7.13. The number of carbonyl (C=O) groups excluding carboxylic acids is 1. The van der Waals surface area contributed by atoms with Gasteiger partial charge in [-0.05, 0) is 42.7 Å². The van der Waals surface area contributed by atoms with Crippen LogP contribution >= 0.6 is 34.5 Å². The Morgan fingerprint density at radius 3 is 2.67 bits per heavy atom. The highest BCUT2D eigenvalue weighted by Gasteiger charge is 2.14. The van der Waals surface area contributed by atoms with Crippen LogP contribution in [-0.2, 0) is 0 Å². The number of aromatic nitrogens is 4. The van der Waals surface area contributed by atoms with Gasteiger partial charge >= 0.3 is 0 Å². The molecule has 0 unspecified atom stereocenters. The summed E-state index contributed by atoms with van der Waals surface area (Å²) in [5, 5.41) is 10.1. The van der Waals surface area contributed by atoms with E-state index >= 15 is 0 Å². The van der Waals surface area contributed by atoms with E-state index in [1.807, 2.05) is 29.6 Å². The number of nitrogens with zero attached hydrogens (tertiary/aromatic N) is 4. The molecule has 0 aliphatic rings. The minimum Gasteiger partial charge on any atom is -0.306 e. The molecule has 27 heavy (non-hydrogen) atoms. The largest absolute Gasteiger partial charge is 0.306 e. The molecule has 6 nitrogen and oxygen atoms in total. The normalized spacial score (nSPS) is 10.7. The van der Waals surface area contributed by atoms with Crippen LogP contribution < -0.4 is 5.32 Å². The smallest absolute Gasteiger partial charge is 0.270 e. The average Bonchev–Trinajstić information content (AvgIpc) is 3.35. The summed E-state index contributed by atoms with van der Waals surface area (Å²) < 4.78 is 3.77. The Morgan fingerprint density at radius 1 is 1.15 bits per heavy atom. The van der Waals surface area contributed by atoms with Crippen molar-refractivity contribution in [3.05, 3.63) is 63.7 Å². The van der Waals surface area contributed by atoms with Crippen LogP contribution in [-0.4, -0.2) is 25.5 Å². The Morgan fingerprint density at radius 2 is 2.00 bits per heavy atom. The molecule has 3 aromatic heterocycles. The zero-order chi connectivity index (χ0) is 18.8. The Hall–Kier alpha value is -2.68. The fraction of sp³-hybridized carbons (Fsp3) is 0.0556. The van der Waals surface area contributed by atoms with Crippen molar-refractivity contribution in [2.75, 3.05) is 5.32 Å². The van der Waals surface area contributed by atoms with Gasteiger partial charge in [0.2, 0.25) is 0 Å². The van der Waals surface area contributed by atoms with E-state index < -0.39 is 0 Å². The van der Waals surface area contributed by atoms with Crippen molar-refractivity contribution < 1.29 is 4.79 Å². The molecule has 0 spiro atoms. The van der Waals surface area contributed by atoms with Gasteiger partial charge in [0.05, 0.1) is 5.69 Å². The molecule has 0 radical (unpaired) electrons. The van der Waals surface area contributed by atoms with Gasteiger partial charge in [-0.25, -0.2) is 9.97 Å². The van der Waals surface area contributed by atoms with Crippen LogP contribution in [0.15, 0.2) is 48.1 Å². The van der Waals surface area contributed by atoms with Gasteiger partial charge in [0, 0.05) is 39.5 Å². The molecule has 0 saturated heterocycles. The highest BCUT2D eigenvalue weighted by atomic mass is 35.5. The van der Waals surface area contributed by atoms with Crippen LogP contribution in [0.1, 0.15) is 15.4 Å². The molecule has 1 amide bonds. The first-order valence-corrected chi connectivity index (χ1v) is 9.91. The molecule has 0 aliphatic heterocycles. The van der Waals surface area contributed by atoms with Crippen molar-refractivity contribution in [1.82, 2.24) is 19.6 Å². The van der Waals surface area contributed by atoms with E-state index in [0.29, 0.717) is 21.4 Å². The van der Waals surface area contributed by atoms with Crippen LogP contribution in [0.25, 0.3) is 21.7 Å². The number of hydrogen-bond donors (Lipinski definition) is 1. The number of anilines is 1. The number of benzene rings is 1. The Labute approximate surface area is 168 Å². The van der Waals surface area contributed by atoms with E-state index in [2.05, 4.69) is 24.9 Å². The van der Waals surface area contributed by atoms with E-state index in [1.165, 1.54) is 0 Å². The number of amides is 1. The maximum atomic E-state index is 12.2. The number of hydrogen-bond acceptors (Lipinski definition) is 7. The molecule has 9 heteroatoms. The van der Waals surface area contributed by atoms with E-state index in [-0.39, 0.29) is 5.91 Å². The van der Waals surface area contributed by atoms with Crippen molar-refractivity contribution >= 4 is 46.2 Å². The third-order valence-electron chi connectivity index (χ3n) is 3.82. The molecule has 0 saturated carbocycles. The molecular weight excluding hydrogens is 402 g/mol. The van der Waals surface area contributed by atoms with Crippen LogP contribution in [0, 0.1) is 6.92 Å². The summed E-state index contributed by atoms with van der Waals surface area (Å²) in [6, 6.07) is 9.39. The topological polar surface area (TPSA) is 80.7 Å². The highest BCUT2D eigenvalue weighted by Crippen LogP contribution is 2.33. The summed E-state index contributed by atoms with van der Waals surface area (Å²) in [6.07, 6.45) is 3.45. The first-order valence-electron chi connectivity index (χ1n) is 7.88. The van der Waals surface area contributed by atoms with Crippen molar-refractivity contribution in [2.45, 2.75) is 6.92 Å². The molecule has 1 aromatic carbocycles. The lowest BCUT2D eigenvalue weighted by molar-refractivity contribution is 0.102. The third-order valence-corrected chi connectivity index (χ3v) is 5.80. The summed E-state index contributed by atoms with van der Waals surface area (Å²) >= 11 is 9.00. The third kappa shape index (κ3) is 3.73. The van der Waals surface area contributed by atoms with Crippen molar-refractivity contribution in [2.24, 2.45) is 0 Å². The summed E-state index contributed by atoms with van der Waals surface area (Å²) in [5.74, 6) is 0.176. The number of carbonyl (C=O) groups is 1. The summed E-state index contributed by atoms with van der Waals surface area (Å²) in [4.78, 5) is 21.4. The molecule has 4 aromatic rings. The van der Waals surface area contributed by atoms with Crippen molar-refractivity contribution in [3.63, 3.8) is 0 Å². The molecule has 134 valence electrons. The van der Waals surface area contributed by atoms with Gasteiger partial charge in [-0.2, -0.15) is 0 Å². The Bertz CT molecular complexity index is 1090. The summed E-state index contributed by atoms with van der Waals surface area (Å²) in [6.45, 7) is 1.74. The molecule has 0 atom stereocenters. The van der Waals surface area contributed by atoms with Gasteiger partial charge in [-0.3, -0.25) is 4.79 Å². The molecule has 0 fully saturated rings. The fourth-order valence-corrected chi connectivity index (χ4v) is 3.90.